The molecule has 34 heavy (non-hydrogen) atoms. The van der Waals surface area contributed by atoms with Crippen LogP contribution in [-0.4, -0.2) is 28.5 Å². The van der Waals surface area contributed by atoms with Crippen molar-refractivity contribution < 1.29 is 21.6 Å². The Balaban J connectivity index is 1.77. The number of aryl methyl sites for hydroxylation is 1. The van der Waals surface area contributed by atoms with Gasteiger partial charge in [0.1, 0.15) is 0 Å². The molecule has 0 radical (unpaired) electrons. The number of rotatable bonds is 6. The first-order chi connectivity index (χ1) is 15.9. The Bertz CT molecular complexity index is 1440. The lowest BCUT2D eigenvalue weighted by molar-refractivity contribution is -0.123. The molecule has 0 saturated carbocycles. The molecule has 1 fully saturated rings. The molecule has 1 heterocycles. The summed E-state index contributed by atoms with van der Waals surface area (Å²) in [5.41, 5.74) is 0.770. The average molecular weight is 499 g/mol. The van der Waals surface area contributed by atoms with Gasteiger partial charge in [-0.2, -0.15) is 0 Å². The van der Waals surface area contributed by atoms with Crippen LogP contribution in [0.1, 0.15) is 25.0 Å². The SMILES string of the molecule is Cc1cc(N2C(=O)C(C)(C)CS2(=O)=O)ccc1S(=O)(=O)N(Cc1ccccc1)c1ccccc1. The Morgan fingerprint density at radius 3 is 2.06 bits per heavy atom. The molecule has 0 unspecified atom stereocenters. The number of hydrogen-bond donors (Lipinski definition) is 0. The highest BCUT2D eigenvalue weighted by molar-refractivity contribution is 7.94. The number of para-hydroxylation sites is 1. The van der Waals surface area contributed by atoms with Crippen LogP contribution >= 0.6 is 0 Å². The molecule has 1 saturated heterocycles. The van der Waals surface area contributed by atoms with E-state index in [-0.39, 0.29) is 22.9 Å². The molecule has 9 heteroatoms. The second kappa shape index (κ2) is 8.56. The summed E-state index contributed by atoms with van der Waals surface area (Å²) in [6, 6.07) is 22.3. The summed E-state index contributed by atoms with van der Waals surface area (Å²) in [6.07, 6.45) is 0. The molecule has 3 aromatic rings. The van der Waals surface area contributed by atoms with E-state index in [1.54, 1.807) is 45.0 Å². The Labute approximate surface area is 200 Å². The van der Waals surface area contributed by atoms with Gasteiger partial charge in [-0.05, 0) is 62.2 Å². The number of carbonyl (C=O) groups is 1. The first-order valence-electron chi connectivity index (χ1n) is 10.7. The van der Waals surface area contributed by atoms with Gasteiger partial charge in [0, 0.05) is 0 Å². The van der Waals surface area contributed by atoms with Crippen molar-refractivity contribution in [2.75, 3.05) is 14.4 Å². The molecule has 0 aliphatic carbocycles. The van der Waals surface area contributed by atoms with Crippen LogP contribution in [-0.2, 0) is 31.4 Å². The molecule has 1 aliphatic rings. The van der Waals surface area contributed by atoms with Crippen molar-refractivity contribution in [2.45, 2.75) is 32.2 Å². The monoisotopic (exact) mass is 498 g/mol. The van der Waals surface area contributed by atoms with Gasteiger partial charge >= 0.3 is 0 Å². The molecule has 7 nitrogen and oxygen atoms in total. The summed E-state index contributed by atoms with van der Waals surface area (Å²) in [6.45, 7) is 4.89. The minimum Gasteiger partial charge on any atom is -0.273 e. The standard InChI is InChI=1S/C25H26N2O5S2/c1-19-16-22(27-24(28)25(2,3)18-33(27,29)30)14-15-23(19)34(31,32)26(21-12-8-5-9-13-21)17-20-10-6-4-7-11-20/h4-16H,17-18H2,1-3H3. The van der Waals surface area contributed by atoms with Gasteiger partial charge in [0.15, 0.2) is 0 Å². The van der Waals surface area contributed by atoms with Crippen LogP contribution in [0.25, 0.3) is 0 Å². The minimum atomic E-state index is -4.01. The van der Waals surface area contributed by atoms with Crippen LogP contribution < -0.4 is 8.61 Å². The molecule has 178 valence electrons. The van der Waals surface area contributed by atoms with Gasteiger partial charge in [0.05, 0.1) is 34.0 Å². The Hall–Kier alpha value is -3.17. The lowest BCUT2D eigenvalue weighted by Crippen LogP contribution is -2.33. The van der Waals surface area contributed by atoms with Crippen molar-refractivity contribution in [1.29, 1.82) is 0 Å². The zero-order chi connectivity index (χ0) is 24.7. The summed E-state index contributed by atoms with van der Waals surface area (Å²) < 4.78 is 55.0. The van der Waals surface area contributed by atoms with E-state index in [9.17, 15) is 21.6 Å². The van der Waals surface area contributed by atoms with Crippen LogP contribution in [0.3, 0.4) is 0 Å². The first kappa shape index (κ1) is 24.0. The third-order valence-electron chi connectivity index (χ3n) is 5.76. The lowest BCUT2D eigenvalue weighted by Gasteiger charge is -2.26. The summed E-state index contributed by atoms with van der Waals surface area (Å²) >= 11 is 0. The summed E-state index contributed by atoms with van der Waals surface area (Å²) in [4.78, 5) is 12.8. The van der Waals surface area contributed by atoms with E-state index < -0.39 is 31.4 Å². The quantitative estimate of drug-likeness (QED) is 0.510. The summed E-state index contributed by atoms with van der Waals surface area (Å²) in [5.74, 6) is -0.825. The van der Waals surface area contributed by atoms with Crippen LogP contribution in [0.15, 0.2) is 83.8 Å². The fourth-order valence-corrected chi connectivity index (χ4v) is 7.85. The summed E-state index contributed by atoms with van der Waals surface area (Å²) in [7, 11) is -7.85. The molecule has 1 amide bonds. The average Bonchev–Trinajstić information content (AvgIpc) is 2.94. The van der Waals surface area contributed by atoms with Gasteiger partial charge in [-0.1, -0.05) is 48.5 Å². The number of sulfonamides is 2. The van der Waals surface area contributed by atoms with E-state index in [1.165, 1.54) is 22.5 Å². The highest BCUT2D eigenvalue weighted by Crippen LogP contribution is 2.37. The molecule has 0 N–H and O–H groups in total. The maximum absolute atomic E-state index is 13.8. The van der Waals surface area contributed by atoms with E-state index in [0.29, 0.717) is 11.3 Å². The van der Waals surface area contributed by atoms with Crippen LogP contribution in [0, 0.1) is 12.3 Å². The van der Waals surface area contributed by atoms with Gasteiger partial charge < -0.3 is 0 Å². The second-order valence-electron chi connectivity index (χ2n) is 8.99. The number of nitrogens with zero attached hydrogens (tertiary/aromatic N) is 2. The highest BCUT2D eigenvalue weighted by atomic mass is 32.2. The first-order valence-corrected chi connectivity index (χ1v) is 13.8. The summed E-state index contributed by atoms with van der Waals surface area (Å²) in [5, 5.41) is 0. The molecule has 0 aromatic heterocycles. The van der Waals surface area contributed by atoms with Crippen LogP contribution in [0.2, 0.25) is 0 Å². The van der Waals surface area contributed by atoms with Crippen molar-refractivity contribution >= 4 is 37.3 Å². The lowest BCUT2D eigenvalue weighted by atomic mass is 9.95. The zero-order valence-corrected chi connectivity index (χ0v) is 20.8. The van der Waals surface area contributed by atoms with Gasteiger partial charge in [0.25, 0.3) is 10.0 Å². The second-order valence-corrected chi connectivity index (χ2v) is 12.6. The van der Waals surface area contributed by atoms with Crippen molar-refractivity contribution in [3.05, 3.63) is 90.0 Å². The molecule has 4 rings (SSSR count). The Kier molecular flexibility index (Phi) is 6.03. The van der Waals surface area contributed by atoms with Gasteiger partial charge in [-0.3, -0.25) is 9.10 Å². The van der Waals surface area contributed by atoms with Crippen molar-refractivity contribution in [2.24, 2.45) is 5.41 Å². The Morgan fingerprint density at radius 1 is 0.941 bits per heavy atom. The predicted octanol–water partition coefficient (Wildman–Crippen LogP) is 4.09. The van der Waals surface area contributed by atoms with Crippen molar-refractivity contribution in [3.8, 4) is 0 Å². The molecular formula is C25H26N2O5S2. The van der Waals surface area contributed by atoms with E-state index in [4.69, 9.17) is 0 Å². The molecular weight excluding hydrogens is 472 g/mol. The number of hydrogen-bond acceptors (Lipinski definition) is 5. The Morgan fingerprint density at radius 2 is 1.53 bits per heavy atom. The third-order valence-corrected chi connectivity index (χ3v) is 9.71. The van der Waals surface area contributed by atoms with E-state index >= 15 is 0 Å². The van der Waals surface area contributed by atoms with Crippen molar-refractivity contribution in [1.82, 2.24) is 0 Å². The number of anilines is 2. The van der Waals surface area contributed by atoms with E-state index in [2.05, 4.69) is 0 Å². The number of amides is 1. The van der Waals surface area contributed by atoms with Crippen LogP contribution in [0.5, 0.6) is 0 Å². The molecule has 0 bridgehead atoms. The fourth-order valence-electron chi connectivity index (χ4n) is 4.09. The topological polar surface area (TPSA) is 91.8 Å². The fraction of sp³-hybridized carbons (Fsp3) is 0.240. The van der Waals surface area contributed by atoms with E-state index in [0.717, 1.165) is 9.87 Å². The van der Waals surface area contributed by atoms with Crippen molar-refractivity contribution in [3.63, 3.8) is 0 Å². The van der Waals surface area contributed by atoms with Gasteiger partial charge in [0.2, 0.25) is 15.9 Å². The van der Waals surface area contributed by atoms with Gasteiger partial charge in [-0.15, -0.1) is 0 Å². The molecule has 0 atom stereocenters. The largest absolute Gasteiger partial charge is 0.273 e. The normalized spacial score (nSPS) is 17.0. The maximum atomic E-state index is 13.8. The number of benzene rings is 3. The molecule has 3 aromatic carbocycles. The van der Waals surface area contributed by atoms with Gasteiger partial charge in [-0.25, -0.2) is 21.1 Å². The smallest absolute Gasteiger partial charge is 0.264 e. The van der Waals surface area contributed by atoms with E-state index in [1.807, 2.05) is 36.4 Å². The molecule has 0 spiro atoms. The zero-order valence-electron chi connectivity index (χ0n) is 19.2. The third kappa shape index (κ3) is 4.33. The minimum absolute atomic E-state index is 0.0411. The van der Waals surface area contributed by atoms with Crippen LogP contribution in [0.4, 0.5) is 11.4 Å². The predicted molar refractivity (Wildman–Crippen MR) is 132 cm³/mol. The number of carbonyl (C=O) groups excluding carboxylic acids is 1. The maximum Gasteiger partial charge on any atom is 0.264 e. The molecule has 1 aliphatic heterocycles. The highest BCUT2D eigenvalue weighted by Gasteiger charge is 2.50.